The number of benzene rings is 1. The number of hydrogen-bond donors (Lipinski definition) is 1. The van der Waals surface area contributed by atoms with Crippen molar-refractivity contribution in [3.8, 4) is 0 Å². The van der Waals surface area contributed by atoms with E-state index in [0.29, 0.717) is 11.4 Å². The number of rotatable bonds is 3. The van der Waals surface area contributed by atoms with E-state index in [0.717, 1.165) is 24.3 Å². The number of carbonyl (C=O) groups is 1. The fraction of sp³-hybridized carbons (Fsp3) is 0.467. The molecule has 2 aliphatic heterocycles. The van der Waals surface area contributed by atoms with Gasteiger partial charge in [0.1, 0.15) is 4.90 Å². The predicted octanol–water partition coefficient (Wildman–Crippen LogP) is 1.08. The van der Waals surface area contributed by atoms with Crippen LogP contribution in [0.5, 0.6) is 0 Å². The minimum Gasteiger partial charge on any atom is -0.352 e. The summed E-state index contributed by atoms with van der Waals surface area (Å²) in [7, 11) is -1.96. The minimum atomic E-state index is -3.65. The second-order valence-corrected chi connectivity index (χ2v) is 8.49. The van der Waals surface area contributed by atoms with Crippen LogP contribution in [-0.2, 0) is 14.8 Å². The number of amidine groups is 1. The maximum Gasteiger partial charge on any atom is 0.285 e. The average Bonchev–Trinajstić information content (AvgIpc) is 2.80. The molecule has 2 aliphatic rings. The molecule has 1 saturated heterocycles. The topological polar surface area (TPSA) is 78.8 Å². The maximum atomic E-state index is 12.2. The molecule has 3 rings (SSSR count). The van der Waals surface area contributed by atoms with Crippen LogP contribution in [0.3, 0.4) is 0 Å². The van der Waals surface area contributed by atoms with Gasteiger partial charge in [-0.1, -0.05) is 12.1 Å². The summed E-state index contributed by atoms with van der Waals surface area (Å²) < 4.78 is 27.9. The van der Waals surface area contributed by atoms with Crippen molar-refractivity contribution < 1.29 is 13.2 Å². The van der Waals surface area contributed by atoms with Crippen molar-refractivity contribution in [2.75, 3.05) is 25.1 Å². The predicted molar refractivity (Wildman–Crippen MR) is 91.3 cm³/mol. The fourth-order valence-electron chi connectivity index (χ4n) is 2.77. The molecule has 0 unspecified atom stereocenters. The van der Waals surface area contributed by atoms with Gasteiger partial charge in [-0.25, -0.2) is 0 Å². The van der Waals surface area contributed by atoms with Crippen LogP contribution in [-0.4, -0.2) is 56.2 Å². The summed E-state index contributed by atoms with van der Waals surface area (Å²) >= 11 is 1.90. The summed E-state index contributed by atoms with van der Waals surface area (Å²) in [6, 6.07) is 6.91. The van der Waals surface area contributed by atoms with E-state index >= 15 is 0 Å². The summed E-state index contributed by atoms with van der Waals surface area (Å²) in [5, 5.41) is 3.02. The molecule has 1 aromatic rings. The van der Waals surface area contributed by atoms with E-state index in [1.807, 2.05) is 11.8 Å². The third-order valence-electron chi connectivity index (χ3n) is 3.94. The van der Waals surface area contributed by atoms with E-state index in [4.69, 9.17) is 0 Å². The van der Waals surface area contributed by atoms with Crippen molar-refractivity contribution in [2.24, 2.45) is 4.40 Å². The van der Waals surface area contributed by atoms with Gasteiger partial charge in [0.15, 0.2) is 5.84 Å². The first-order valence-electron chi connectivity index (χ1n) is 7.50. The number of thioether (sulfide) groups is 1. The Morgan fingerprint density at radius 3 is 2.78 bits per heavy atom. The summed E-state index contributed by atoms with van der Waals surface area (Å²) in [6.45, 7) is 0.0896. The van der Waals surface area contributed by atoms with Gasteiger partial charge in [0, 0.05) is 18.7 Å². The first-order chi connectivity index (χ1) is 11.0. The number of sulfonamides is 1. The van der Waals surface area contributed by atoms with Crippen molar-refractivity contribution in [3.05, 3.63) is 29.8 Å². The van der Waals surface area contributed by atoms with Crippen molar-refractivity contribution in [1.29, 1.82) is 0 Å². The Morgan fingerprint density at radius 1 is 1.35 bits per heavy atom. The number of amides is 1. The van der Waals surface area contributed by atoms with E-state index in [9.17, 15) is 13.2 Å². The van der Waals surface area contributed by atoms with Gasteiger partial charge in [0.2, 0.25) is 5.91 Å². The second-order valence-electron chi connectivity index (χ2n) is 5.70. The van der Waals surface area contributed by atoms with Crippen LogP contribution in [0.1, 0.15) is 18.4 Å². The van der Waals surface area contributed by atoms with E-state index in [1.165, 1.54) is 6.07 Å². The molecule has 6 nitrogen and oxygen atoms in total. The zero-order valence-electron chi connectivity index (χ0n) is 12.9. The van der Waals surface area contributed by atoms with Crippen LogP contribution in [0.25, 0.3) is 0 Å². The van der Waals surface area contributed by atoms with Gasteiger partial charge in [0.05, 0.1) is 6.54 Å². The molecule has 1 N–H and O–H groups in total. The molecule has 0 bridgehead atoms. The Bertz CT molecular complexity index is 740. The van der Waals surface area contributed by atoms with Crippen LogP contribution in [0.2, 0.25) is 0 Å². The van der Waals surface area contributed by atoms with E-state index < -0.39 is 10.0 Å². The third kappa shape index (κ3) is 3.53. The number of hydrogen-bond acceptors (Lipinski definition) is 5. The number of fused-ring (bicyclic) bond motifs is 1. The van der Waals surface area contributed by atoms with Crippen LogP contribution in [0.4, 0.5) is 0 Å². The first kappa shape index (κ1) is 16.3. The highest BCUT2D eigenvalue weighted by Gasteiger charge is 2.31. The Labute approximate surface area is 140 Å². The van der Waals surface area contributed by atoms with Gasteiger partial charge < -0.3 is 10.2 Å². The summed E-state index contributed by atoms with van der Waals surface area (Å²) in [5.41, 5.74) is 0.553. The molecular weight excluding hydrogens is 334 g/mol. The molecule has 0 aromatic heterocycles. The molecule has 23 heavy (non-hydrogen) atoms. The highest BCUT2D eigenvalue weighted by molar-refractivity contribution is 7.99. The second kappa shape index (κ2) is 6.52. The van der Waals surface area contributed by atoms with Gasteiger partial charge in [-0.15, -0.1) is 4.40 Å². The lowest BCUT2D eigenvalue weighted by Gasteiger charge is -2.24. The molecule has 1 fully saturated rings. The third-order valence-corrected chi connectivity index (χ3v) is 6.32. The van der Waals surface area contributed by atoms with Gasteiger partial charge in [-0.2, -0.15) is 20.2 Å². The monoisotopic (exact) mass is 353 g/mol. The quantitative estimate of drug-likeness (QED) is 0.880. The molecule has 1 amide bonds. The van der Waals surface area contributed by atoms with Gasteiger partial charge in [0.25, 0.3) is 10.0 Å². The van der Waals surface area contributed by atoms with E-state index in [2.05, 4.69) is 9.71 Å². The minimum absolute atomic E-state index is 0.0896. The Kier molecular flexibility index (Phi) is 4.63. The molecule has 0 aliphatic carbocycles. The number of nitrogens with zero attached hydrogens (tertiary/aromatic N) is 2. The van der Waals surface area contributed by atoms with Crippen molar-refractivity contribution in [3.63, 3.8) is 0 Å². The lowest BCUT2D eigenvalue weighted by molar-refractivity contribution is -0.122. The fourth-order valence-corrected chi connectivity index (χ4v) is 5.13. The van der Waals surface area contributed by atoms with Gasteiger partial charge in [-0.3, -0.25) is 4.79 Å². The molecule has 2 heterocycles. The van der Waals surface area contributed by atoms with Crippen LogP contribution in [0.15, 0.2) is 33.6 Å². The summed E-state index contributed by atoms with van der Waals surface area (Å²) in [5.74, 6) is 2.36. The van der Waals surface area contributed by atoms with Crippen molar-refractivity contribution in [2.45, 2.75) is 23.8 Å². The normalized spacial score (nSPS) is 19.8. The average molecular weight is 353 g/mol. The number of carbonyl (C=O) groups excluding carboxylic acids is 1. The SMILES string of the molecule is CN(CC(=O)NC1CCSCC1)C1=NS(=O)(=O)c2ccccc21. The summed E-state index contributed by atoms with van der Waals surface area (Å²) in [4.78, 5) is 14.0. The van der Waals surface area contributed by atoms with Crippen molar-refractivity contribution >= 4 is 33.5 Å². The van der Waals surface area contributed by atoms with Gasteiger partial charge >= 0.3 is 0 Å². The largest absolute Gasteiger partial charge is 0.352 e. The molecular formula is C15H19N3O3S2. The highest BCUT2D eigenvalue weighted by Crippen LogP contribution is 2.26. The van der Waals surface area contributed by atoms with Gasteiger partial charge in [-0.05, 0) is 36.5 Å². The summed E-state index contributed by atoms with van der Waals surface area (Å²) in [6.07, 6.45) is 1.97. The number of likely N-dealkylation sites (N-methyl/N-ethyl adjacent to an activating group) is 1. The molecule has 0 spiro atoms. The van der Waals surface area contributed by atoms with Crippen LogP contribution >= 0.6 is 11.8 Å². The lowest BCUT2D eigenvalue weighted by atomic mass is 10.1. The zero-order chi connectivity index (χ0) is 16.4. The molecule has 0 saturated carbocycles. The Hall–Kier alpha value is -1.54. The standard InChI is InChI=1S/C15H19N3O3S2/c1-18(10-14(19)16-11-6-8-22-9-7-11)15-12-4-2-3-5-13(12)23(20,21)17-15/h2-5,11H,6-10H2,1H3,(H,16,19). The molecule has 8 heteroatoms. The van der Waals surface area contributed by atoms with Crippen LogP contribution < -0.4 is 5.32 Å². The van der Waals surface area contributed by atoms with Crippen molar-refractivity contribution in [1.82, 2.24) is 10.2 Å². The highest BCUT2D eigenvalue weighted by atomic mass is 32.2. The maximum absolute atomic E-state index is 12.2. The Morgan fingerprint density at radius 2 is 2.04 bits per heavy atom. The number of nitrogens with one attached hydrogen (secondary N) is 1. The lowest BCUT2D eigenvalue weighted by Crippen LogP contribution is -2.43. The van der Waals surface area contributed by atoms with Crippen LogP contribution in [0, 0.1) is 0 Å². The van der Waals surface area contributed by atoms with E-state index in [1.54, 1.807) is 30.1 Å². The van der Waals surface area contributed by atoms with E-state index in [-0.39, 0.29) is 23.4 Å². The Balaban J connectivity index is 1.69. The smallest absolute Gasteiger partial charge is 0.285 e. The molecule has 0 radical (unpaired) electrons. The first-order valence-corrected chi connectivity index (χ1v) is 10.1. The molecule has 1 aromatic carbocycles. The molecule has 124 valence electrons. The molecule has 0 atom stereocenters. The zero-order valence-corrected chi connectivity index (χ0v) is 14.5.